The highest BCUT2D eigenvalue weighted by Crippen LogP contribution is 2.28. The molecule has 0 aliphatic rings. The van der Waals surface area contributed by atoms with Crippen molar-refractivity contribution in [1.29, 1.82) is 0 Å². The van der Waals surface area contributed by atoms with Gasteiger partial charge in [-0.05, 0) is 18.1 Å². The Bertz CT molecular complexity index is 573. The molecule has 0 aromatic heterocycles. The zero-order chi connectivity index (χ0) is 17.4. The molecule has 2 aromatic carbocycles. The van der Waals surface area contributed by atoms with Gasteiger partial charge in [-0.1, -0.05) is 60.7 Å². The predicted molar refractivity (Wildman–Crippen MR) is 96.8 cm³/mol. The van der Waals surface area contributed by atoms with Gasteiger partial charge in [0.2, 0.25) is 5.91 Å². The second-order valence-electron chi connectivity index (χ2n) is 5.95. The lowest BCUT2D eigenvalue weighted by atomic mass is 9.85. The SMILES string of the molecule is COC(CN)CC(=O)NC(C)C(c1ccccc1)c1ccccc1. The van der Waals surface area contributed by atoms with Crippen molar-refractivity contribution in [3.63, 3.8) is 0 Å². The maximum absolute atomic E-state index is 12.3. The summed E-state index contributed by atoms with van der Waals surface area (Å²) < 4.78 is 5.20. The van der Waals surface area contributed by atoms with Crippen molar-refractivity contribution >= 4 is 5.91 Å². The van der Waals surface area contributed by atoms with Crippen molar-refractivity contribution in [2.45, 2.75) is 31.4 Å². The Labute approximate surface area is 144 Å². The lowest BCUT2D eigenvalue weighted by Gasteiger charge is -2.26. The van der Waals surface area contributed by atoms with Crippen LogP contribution in [-0.4, -0.2) is 31.7 Å². The highest BCUT2D eigenvalue weighted by atomic mass is 16.5. The smallest absolute Gasteiger partial charge is 0.222 e. The molecule has 0 fully saturated rings. The van der Waals surface area contributed by atoms with Crippen LogP contribution >= 0.6 is 0 Å². The first-order valence-corrected chi connectivity index (χ1v) is 8.27. The molecule has 4 nitrogen and oxygen atoms in total. The molecule has 0 heterocycles. The van der Waals surface area contributed by atoms with Crippen LogP contribution < -0.4 is 11.1 Å². The highest BCUT2D eigenvalue weighted by Gasteiger charge is 2.23. The molecule has 4 heteroatoms. The Kier molecular flexibility index (Phi) is 6.97. The van der Waals surface area contributed by atoms with Crippen LogP contribution in [0.2, 0.25) is 0 Å². The quantitative estimate of drug-likeness (QED) is 0.784. The summed E-state index contributed by atoms with van der Waals surface area (Å²) >= 11 is 0. The van der Waals surface area contributed by atoms with E-state index in [0.29, 0.717) is 6.54 Å². The third-order valence-electron chi connectivity index (χ3n) is 4.22. The summed E-state index contributed by atoms with van der Waals surface area (Å²) in [6.07, 6.45) is 0.0253. The number of rotatable bonds is 8. The molecule has 0 spiro atoms. The predicted octanol–water partition coefficient (Wildman–Crippen LogP) is 2.69. The number of hydrogen-bond donors (Lipinski definition) is 2. The molecule has 2 atom stereocenters. The molecule has 0 saturated heterocycles. The average Bonchev–Trinajstić information content (AvgIpc) is 2.61. The van der Waals surface area contributed by atoms with Gasteiger partial charge in [0.25, 0.3) is 0 Å². The van der Waals surface area contributed by atoms with Crippen LogP contribution in [0.4, 0.5) is 0 Å². The van der Waals surface area contributed by atoms with Gasteiger partial charge in [-0.2, -0.15) is 0 Å². The van der Waals surface area contributed by atoms with Gasteiger partial charge in [-0.15, -0.1) is 0 Å². The Balaban J connectivity index is 2.17. The fourth-order valence-corrected chi connectivity index (χ4v) is 2.96. The van der Waals surface area contributed by atoms with Crippen molar-refractivity contribution in [1.82, 2.24) is 5.32 Å². The second kappa shape index (κ2) is 9.21. The maximum Gasteiger partial charge on any atom is 0.222 e. The third kappa shape index (κ3) is 4.91. The Morgan fingerprint density at radius 2 is 1.54 bits per heavy atom. The van der Waals surface area contributed by atoms with Gasteiger partial charge < -0.3 is 15.8 Å². The summed E-state index contributed by atoms with van der Waals surface area (Å²) in [5.41, 5.74) is 7.96. The number of ether oxygens (including phenoxy) is 1. The minimum Gasteiger partial charge on any atom is -0.380 e. The molecule has 2 aromatic rings. The van der Waals surface area contributed by atoms with Gasteiger partial charge in [0.05, 0.1) is 12.5 Å². The van der Waals surface area contributed by atoms with Gasteiger partial charge in [0, 0.05) is 25.6 Å². The molecule has 0 aliphatic heterocycles. The Morgan fingerprint density at radius 1 is 1.04 bits per heavy atom. The number of amides is 1. The summed E-state index contributed by atoms with van der Waals surface area (Å²) in [4.78, 5) is 12.3. The Morgan fingerprint density at radius 3 is 1.96 bits per heavy atom. The molecule has 2 rings (SSSR count). The van der Waals surface area contributed by atoms with E-state index in [0.717, 1.165) is 0 Å². The largest absolute Gasteiger partial charge is 0.380 e. The molecule has 0 radical (unpaired) electrons. The molecule has 0 aliphatic carbocycles. The van der Waals surface area contributed by atoms with E-state index in [9.17, 15) is 4.79 Å². The molecular formula is C20H26N2O2. The molecule has 1 amide bonds. The van der Waals surface area contributed by atoms with Gasteiger partial charge in [0.1, 0.15) is 0 Å². The van der Waals surface area contributed by atoms with E-state index in [4.69, 9.17) is 10.5 Å². The van der Waals surface area contributed by atoms with E-state index < -0.39 is 0 Å². The van der Waals surface area contributed by atoms with E-state index in [2.05, 4.69) is 29.6 Å². The van der Waals surface area contributed by atoms with Gasteiger partial charge in [0.15, 0.2) is 0 Å². The molecule has 0 saturated carbocycles. The number of nitrogens with one attached hydrogen (secondary N) is 1. The van der Waals surface area contributed by atoms with Crippen LogP contribution in [0.5, 0.6) is 0 Å². The minimum atomic E-state index is -0.246. The van der Waals surface area contributed by atoms with Crippen LogP contribution in [0.25, 0.3) is 0 Å². The summed E-state index contributed by atoms with van der Waals surface area (Å²) in [6.45, 7) is 2.37. The van der Waals surface area contributed by atoms with Crippen molar-refractivity contribution in [3.05, 3.63) is 71.8 Å². The van der Waals surface area contributed by atoms with Crippen LogP contribution in [0.1, 0.15) is 30.4 Å². The first-order chi connectivity index (χ1) is 11.7. The third-order valence-corrected chi connectivity index (χ3v) is 4.22. The zero-order valence-electron chi connectivity index (χ0n) is 14.3. The normalized spacial score (nSPS) is 13.5. The van der Waals surface area contributed by atoms with E-state index >= 15 is 0 Å². The molecule has 128 valence electrons. The average molecular weight is 326 g/mol. The second-order valence-corrected chi connectivity index (χ2v) is 5.95. The van der Waals surface area contributed by atoms with Crippen LogP contribution in [-0.2, 0) is 9.53 Å². The van der Waals surface area contributed by atoms with E-state index in [1.54, 1.807) is 7.11 Å². The first-order valence-electron chi connectivity index (χ1n) is 8.27. The lowest BCUT2D eigenvalue weighted by molar-refractivity contribution is -0.124. The summed E-state index contributed by atoms with van der Waals surface area (Å²) in [5.74, 6) is 0.0480. The van der Waals surface area contributed by atoms with Crippen LogP contribution in [0.3, 0.4) is 0 Å². The fourth-order valence-electron chi connectivity index (χ4n) is 2.96. The van der Waals surface area contributed by atoms with Gasteiger partial charge in [-0.3, -0.25) is 4.79 Å². The van der Waals surface area contributed by atoms with Crippen LogP contribution in [0.15, 0.2) is 60.7 Å². The number of carbonyl (C=O) groups is 1. The summed E-state index contributed by atoms with van der Waals surface area (Å²) in [5, 5.41) is 3.10. The molecular weight excluding hydrogens is 300 g/mol. The van der Waals surface area contributed by atoms with Crippen molar-refractivity contribution < 1.29 is 9.53 Å². The Hall–Kier alpha value is -2.17. The van der Waals surface area contributed by atoms with E-state index in [-0.39, 0.29) is 30.4 Å². The number of carbonyl (C=O) groups excluding carboxylic acids is 1. The van der Waals surface area contributed by atoms with Gasteiger partial charge in [-0.25, -0.2) is 0 Å². The van der Waals surface area contributed by atoms with Crippen LogP contribution in [0, 0.1) is 0 Å². The van der Waals surface area contributed by atoms with Crippen molar-refractivity contribution in [2.24, 2.45) is 5.73 Å². The molecule has 2 unspecified atom stereocenters. The molecule has 24 heavy (non-hydrogen) atoms. The summed E-state index contributed by atoms with van der Waals surface area (Å²) in [6, 6.07) is 20.4. The molecule has 3 N–H and O–H groups in total. The molecule has 0 bridgehead atoms. The van der Waals surface area contributed by atoms with Crippen molar-refractivity contribution in [2.75, 3.05) is 13.7 Å². The first kappa shape index (κ1) is 18.2. The number of methoxy groups -OCH3 is 1. The van der Waals surface area contributed by atoms with Crippen molar-refractivity contribution in [3.8, 4) is 0 Å². The van der Waals surface area contributed by atoms with Gasteiger partial charge >= 0.3 is 0 Å². The topological polar surface area (TPSA) is 64.3 Å². The zero-order valence-corrected chi connectivity index (χ0v) is 14.3. The fraction of sp³-hybridized carbons (Fsp3) is 0.350. The number of hydrogen-bond acceptors (Lipinski definition) is 3. The highest BCUT2D eigenvalue weighted by molar-refractivity contribution is 5.77. The van der Waals surface area contributed by atoms with E-state index in [1.807, 2.05) is 43.3 Å². The lowest BCUT2D eigenvalue weighted by Crippen LogP contribution is -2.40. The standard InChI is InChI=1S/C20H26N2O2/c1-15(22-19(23)13-18(14-21)24-2)20(16-9-5-3-6-10-16)17-11-7-4-8-12-17/h3-12,15,18,20H,13-14,21H2,1-2H3,(H,22,23). The number of nitrogens with two attached hydrogens (primary N) is 1. The number of benzene rings is 2. The summed E-state index contributed by atoms with van der Waals surface area (Å²) in [7, 11) is 1.57. The maximum atomic E-state index is 12.3. The monoisotopic (exact) mass is 326 g/mol. The van der Waals surface area contributed by atoms with E-state index in [1.165, 1.54) is 11.1 Å². The minimum absolute atomic E-state index is 0.0439.